The number of aryl methyl sites for hydroxylation is 1. The van der Waals surface area contributed by atoms with E-state index in [1.807, 2.05) is 37.3 Å². The summed E-state index contributed by atoms with van der Waals surface area (Å²) in [4.78, 5) is 15.9. The number of carboxylic acids is 1. The van der Waals surface area contributed by atoms with Crippen molar-refractivity contribution in [2.24, 2.45) is 0 Å². The van der Waals surface area contributed by atoms with Gasteiger partial charge in [0.2, 0.25) is 0 Å². The third kappa shape index (κ3) is 2.79. The van der Waals surface area contributed by atoms with Gasteiger partial charge in [0, 0.05) is 16.5 Å². The van der Waals surface area contributed by atoms with Crippen LogP contribution in [0.15, 0.2) is 36.4 Å². The zero-order valence-corrected chi connectivity index (χ0v) is 10.1. The first-order chi connectivity index (χ1) is 8.16. The van der Waals surface area contributed by atoms with Crippen molar-refractivity contribution in [1.82, 2.24) is 4.98 Å². The minimum absolute atomic E-state index is 0.712. The molecule has 0 saturated heterocycles. The summed E-state index contributed by atoms with van der Waals surface area (Å²) in [6.45, 7) is 1.98. The molecule has 1 heterocycles. The zero-order valence-electron chi connectivity index (χ0n) is 9.25. The molecule has 0 atom stereocenters. The van der Waals surface area contributed by atoms with Crippen LogP contribution in [0.3, 0.4) is 0 Å². The van der Waals surface area contributed by atoms with Crippen LogP contribution in [-0.2, 0) is 4.79 Å². The Morgan fingerprint density at radius 1 is 1.35 bits per heavy atom. The molecule has 0 amide bonds. The molecule has 0 fully saturated rings. The standard InChI is InChI=1S/C13H11NO2S/c1-9-13(10-5-3-2-4-6-10)14-11(17-9)7-8-12(15)16/h2-8H,1H3,(H,15,16)/b8-7+. The van der Waals surface area contributed by atoms with E-state index in [-0.39, 0.29) is 0 Å². The SMILES string of the molecule is Cc1sc(/C=C/C(=O)O)nc1-c1ccccc1. The second kappa shape index (κ2) is 4.93. The van der Waals surface area contributed by atoms with Crippen molar-refractivity contribution >= 4 is 23.4 Å². The van der Waals surface area contributed by atoms with Gasteiger partial charge in [0.1, 0.15) is 5.01 Å². The number of hydrogen-bond acceptors (Lipinski definition) is 3. The number of hydrogen-bond donors (Lipinski definition) is 1. The van der Waals surface area contributed by atoms with Gasteiger partial charge >= 0.3 is 5.97 Å². The van der Waals surface area contributed by atoms with Crippen molar-refractivity contribution < 1.29 is 9.90 Å². The van der Waals surface area contributed by atoms with E-state index in [4.69, 9.17) is 5.11 Å². The van der Waals surface area contributed by atoms with Gasteiger partial charge in [-0.2, -0.15) is 0 Å². The summed E-state index contributed by atoms with van der Waals surface area (Å²) < 4.78 is 0. The van der Waals surface area contributed by atoms with E-state index in [1.165, 1.54) is 17.4 Å². The molecule has 2 rings (SSSR count). The maximum absolute atomic E-state index is 10.4. The smallest absolute Gasteiger partial charge is 0.328 e. The number of aliphatic carboxylic acids is 1. The fourth-order valence-corrected chi connectivity index (χ4v) is 2.34. The Labute approximate surface area is 103 Å². The van der Waals surface area contributed by atoms with E-state index in [0.717, 1.165) is 22.2 Å². The molecule has 1 aromatic carbocycles. The number of carbonyl (C=O) groups is 1. The van der Waals surface area contributed by atoms with Crippen LogP contribution < -0.4 is 0 Å². The van der Waals surface area contributed by atoms with Crippen LogP contribution in [-0.4, -0.2) is 16.1 Å². The van der Waals surface area contributed by atoms with Crippen LogP contribution >= 0.6 is 11.3 Å². The first kappa shape index (κ1) is 11.5. The highest BCUT2D eigenvalue weighted by Gasteiger charge is 2.07. The van der Waals surface area contributed by atoms with Gasteiger partial charge in [0.05, 0.1) is 5.69 Å². The Kier molecular flexibility index (Phi) is 3.35. The summed E-state index contributed by atoms with van der Waals surface area (Å²) in [5.41, 5.74) is 1.97. The number of thiazole rings is 1. The molecule has 0 radical (unpaired) electrons. The Bertz CT molecular complexity index is 558. The van der Waals surface area contributed by atoms with Crippen molar-refractivity contribution in [3.8, 4) is 11.3 Å². The molecule has 86 valence electrons. The van der Waals surface area contributed by atoms with Gasteiger partial charge in [-0.05, 0) is 13.0 Å². The molecule has 0 aliphatic rings. The van der Waals surface area contributed by atoms with E-state index < -0.39 is 5.97 Å². The third-order valence-electron chi connectivity index (χ3n) is 2.23. The summed E-state index contributed by atoms with van der Waals surface area (Å²) in [5, 5.41) is 9.27. The monoisotopic (exact) mass is 245 g/mol. The number of nitrogens with zero attached hydrogens (tertiary/aromatic N) is 1. The minimum Gasteiger partial charge on any atom is -0.478 e. The van der Waals surface area contributed by atoms with Crippen LogP contribution in [0, 0.1) is 6.92 Å². The lowest BCUT2D eigenvalue weighted by molar-refractivity contribution is -0.131. The Morgan fingerprint density at radius 3 is 2.71 bits per heavy atom. The molecule has 17 heavy (non-hydrogen) atoms. The fourth-order valence-electron chi connectivity index (χ4n) is 1.49. The zero-order chi connectivity index (χ0) is 12.3. The molecular formula is C13H11NO2S. The van der Waals surface area contributed by atoms with Crippen molar-refractivity contribution in [2.75, 3.05) is 0 Å². The summed E-state index contributed by atoms with van der Waals surface area (Å²) in [6.07, 6.45) is 2.62. The highest BCUT2D eigenvalue weighted by Crippen LogP contribution is 2.27. The molecule has 1 aromatic heterocycles. The Balaban J connectivity index is 2.35. The quantitative estimate of drug-likeness (QED) is 0.845. The summed E-state index contributed by atoms with van der Waals surface area (Å²) >= 11 is 1.49. The third-order valence-corrected chi connectivity index (χ3v) is 3.16. The van der Waals surface area contributed by atoms with E-state index in [1.54, 1.807) is 0 Å². The van der Waals surface area contributed by atoms with Gasteiger partial charge in [0.15, 0.2) is 0 Å². The number of rotatable bonds is 3. The van der Waals surface area contributed by atoms with Gasteiger partial charge in [-0.15, -0.1) is 11.3 Å². The number of aromatic nitrogens is 1. The van der Waals surface area contributed by atoms with Crippen LogP contribution in [0.25, 0.3) is 17.3 Å². The second-order valence-electron chi connectivity index (χ2n) is 3.49. The second-order valence-corrected chi connectivity index (χ2v) is 4.73. The van der Waals surface area contributed by atoms with Gasteiger partial charge in [-0.3, -0.25) is 0 Å². The molecule has 0 spiro atoms. The van der Waals surface area contributed by atoms with Crippen molar-refractivity contribution in [1.29, 1.82) is 0 Å². The molecule has 0 unspecified atom stereocenters. The van der Waals surface area contributed by atoms with Gasteiger partial charge < -0.3 is 5.11 Å². The molecule has 0 aliphatic carbocycles. The molecule has 4 heteroatoms. The highest BCUT2D eigenvalue weighted by molar-refractivity contribution is 7.12. The van der Waals surface area contributed by atoms with Crippen LogP contribution in [0.2, 0.25) is 0 Å². The fraction of sp³-hybridized carbons (Fsp3) is 0.0769. The summed E-state index contributed by atoms with van der Waals surface area (Å²) in [5.74, 6) is -0.959. The lowest BCUT2D eigenvalue weighted by Crippen LogP contribution is -1.85. The number of benzene rings is 1. The van der Waals surface area contributed by atoms with Gasteiger partial charge in [0.25, 0.3) is 0 Å². The predicted octanol–water partition coefficient (Wildman–Crippen LogP) is 3.22. The van der Waals surface area contributed by atoms with Gasteiger partial charge in [-0.25, -0.2) is 9.78 Å². The van der Waals surface area contributed by atoms with E-state index in [9.17, 15) is 4.79 Å². The maximum Gasteiger partial charge on any atom is 0.328 e. The largest absolute Gasteiger partial charge is 0.478 e. The Morgan fingerprint density at radius 2 is 2.06 bits per heavy atom. The average molecular weight is 245 g/mol. The van der Waals surface area contributed by atoms with E-state index in [0.29, 0.717) is 5.01 Å². The summed E-state index contributed by atoms with van der Waals surface area (Å²) in [6, 6.07) is 9.86. The van der Waals surface area contributed by atoms with Crippen LogP contribution in [0.1, 0.15) is 9.88 Å². The van der Waals surface area contributed by atoms with Crippen LogP contribution in [0.5, 0.6) is 0 Å². The van der Waals surface area contributed by atoms with Crippen LogP contribution in [0.4, 0.5) is 0 Å². The minimum atomic E-state index is -0.959. The van der Waals surface area contributed by atoms with E-state index >= 15 is 0 Å². The van der Waals surface area contributed by atoms with Gasteiger partial charge in [-0.1, -0.05) is 30.3 Å². The lowest BCUT2D eigenvalue weighted by atomic mass is 10.1. The Hall–Kier alpha value is -1.94. The molecule has 2 aromatic rings. The van der Waals surface area contributed by atoms with Crippen molar-refractivity contribution in [3.05, 3.63) is 46.3 Å². The molecule has 0 bridgehead atoms. The normalized spacial score (nSPS) is 10.9. The van der Waals surface area contributed by atoms with Crippen molar-refractivity contribution in [3.63, 3.8) is 0 Å². The molecule has 3 nitrogen and oxygen atoms in total. The van der Waals surface area contributed by atoms with Crippen molar-refractivity contribution in [2.45, 2.75) is 6.92 Å². The van der Waals surface area contributed by atoms with E-state index in [2.05, 4.69) is 4.98 Å². The molecule has 1 N–H and O–H groups in total. The maximum atomic E-state index is 10.4. The average Bonchev–Trinajstić information content (AvgIpc) is 2.69. The predicted molar refractivity (Wildman–Crippen MR) is 69.0 cm³/mol. The first-order valence-electron chi connectivity index (χ1n) is 5.10. The first-order valence-corrected chi connectivity index (χ1v) is 5.92. The molecule has 0 aliphatic heterocycles. The topological polar surface area (TPSA) is 50.2 Å². The molecular weight excluding hydrogens is 234 g/mol. The highest BCUT2D eigenvalue weighted by atomic mass is 32.1. The summed E-state index contributed by atoms with van der Waals surface area (Å²) in [7, 11) is 0. The lowest BCUT2D eigenvalue weighted by Gasteiger charge is -1.96. The number of carboxylic acid groups (broad SMARTS) is 1. The molecule has 0 saturated carbocycles.